The lowest BCUT2D eigenvalue weighted by Crippen LogP contribution is -2.08. The Labute approximate surface area is 202 Å². The lowest BCUT2D eigenvalue weighted by Gasteiger charge is -2.10. The SMILES string of the molecule is COc1ccc(-c2nc3ccccc3s2)cc1OCC(=O)N=Nc1c(O)[nH]c2ccc(Cl)cc12. The summed E-state index contributed by atoms with van der Waals surface area (Å²) in [6.07, 6.45) is 0. The molecule has 0 atom stereocenters. The molecule has 0 saturated heterocycles. The monoisotopic (exact) mass is 492 g/mol. The number of aromatic hydroxyl groups is 1. The molecule has 0 aliphatic carbocycles. The molecule has 5 rings (SSSR count). The number of amides is 1. The first kappa shape index (κ1) is 21.9. The van der Waals surface area contributed by atoms with Gasteiger partial charge in [-0.05, 0) is 48.5 Å². The van der Waals surface area contributed by atoms with Crippen LogP contribution in [0.2, 0.25) is 5.02 Å². The topological polar surface area (TPSA) is 109 Å². The Hall–Kier alpha value is -3.95. The molecular weight excluding hydrogens is 476 g/mol. The van der Waals surface area contributed by atoms with Crippen LogP contribution >= 0.6 is 22.9 Å². The van der Waals surface area contributed by atoms with Gasteiger partial charge in [0.05, 0.1) is 22.8 Å². The number of thiazole rings is 1. The van der Waals surface area contributed by atoms with Gasteiger partial charge < -0.3 is 19.6 Å². The first-order valence-corrected chi connectivity index (χ1v) is 11.3. The minimum absolute atomic E-state index is 0.126. The summed E-state index contributed by atoms with van der Waals surface area (Å²) in [6, 6.07) is 18.3. The third-order valence-corrected chi connectivity index (χ3v) is 6.35. The number of hydrogen-bond donors (Lipinski definition) is 2. The summed E-state index contributed by atoms with van der Waals surface area (Å²) in [4.78, 5) is 19.8. The number of carbonyl (C=O) groups is 1. The number of methoxy groups -OCH3 is 1. The fourth-order valence-electron chi connectivity index (χ4n) is 3.43. The van der Waals surface area contributed by atoms with E-state index in [9.17, 15) is 9.90 Å². The molecular formula is C24H17ClN4O4S. The Balaban J connectivity index is 1.34. The van der Waals surface area contributed by atoms with Gasteiger partial charge in [0.25, 0.3) is 0 Å². The normalized spacial score (nSPS) is 11.5. The molecule has 0 aliphatic rings. The second kappa shape index (κ2) is 9.12. The van der Waals surface area contributed by atoms with Gasteiger partial charge in [-0.25, -0.2) is 4.98 Å². The van der Waals surface area contributed by atoms with Crippen LogP contribution in [0.4, 0.5) is 5.69 Å². The summed E-state index contributed by atoms with van der Waals surface area (Å²) < 4.78 is 12.1. The molecule has 0 spiro atoms. The molecule has 0 unspecified atom stereocenters. The molecule has 8 nitrogen and oxygen atoms in total. The molecule has 0 saturated carbocycles. The summed E-state index contributed by atoms with van der Waals surface area (Å²) in [5.74, 6) is 0.00575. The van der Waals surface area contributed by atoms with Gasteiger partial charge >= 0.3 is 5.91 Å². The van der Waals surface area contributed by atoms with Crippen molar-refractivity contribution in [1.82, 2.24) is 9.97 Å². The van der Waals surface area contributed by atoms with E-state index in [2.05, 4.69) is 20.2 Å². The summed E-state index contributed by atoms with van der Waals surface area (Å²) in [5, 5.41) is 19.5. The molecule has 10 heteroatoms. The Bertz CT molecular complexity index is 1530. The number of aromatic nitrogens is 2. The van der Waals surface area contributed by atoms with Crippen LogP contribution in [0.25, 0.3) is 31.7 Å². The van der Waals surface area contributed by atoms with Gasteiger partial charge in [-0.2, -0.15) is 0 Å². The lowest BCUT2D eigenvalue weighted by atomic mass is 10.2. The fraction of sp³-hybridized carbons (Fsp3) is 0.0833. The Morgan fingerprint density at radius 3 is 2.82 bits per heavy atom. The molecule has 1 amide bonds. The fourth-order valence-corrected chi connectivity index (χ4v) is 4.56. The van der Waals surface area contributed by atoms with Gasteiger partial charge in [0.2, 0.25) is 5.88 Å². The maximum atomic E-state index is 12.3. The zero-order chi connectivity index (χ0) is 23.7. The molecule has 3 aromatic carbocycles. The van der Waals surface area contributed by atoms with Crippen molar-refractivity contribution in [3.05, 3.63) is 65.7 Å². The molecule has 2 heterocycles. The molecule has 170 valence electrons. The number of H-pyrrole nitrogens is 1. The number of nitrogens with zero attached hydrogens (tertiary/aromatic N) is 3. The number of fused-ring (bicyclic) bond motifs is 2. The first-order chi connectivity index (χ1) is 16.5. The number of rotatable bonds is 6. The zero-order valence-electron chi connectivity index (χ0n) is 17.8. The van der Waals surface area contributed by atoms with E-state index in [4.69, 9.17) is 21.1 Å². The number of halogens is 1. The molecule has 0 fully saturated rings. The third-order valence-electron chi connectivity index (χ3n) is 5.03. The first-order valence-electron chi connectivity index (χ1n) is 10.1. The molecule has 0 aliphatic heterocycles. The highest BCUT2D eigenvalue weighted by molar-refractivity contribution is 7.21. The predicted octanol–water partition coefficient (Wildman–Crippen LogP) is 6.50. The number of benzene rings is 3. The minimum Gasteiger partial charge on any atom is -0.493 e. The Kier molecular flexibility index (Phi) is 5.87. The minimum atomic E-state index is -0.636. The van der Waals surface area contributed by atoms with E-state index in [0.717, 1.165) is 20.8 Å². The van der Waals surface area contributed by atoms with Gasteiger partial charge in [-0.3, -0.25) is 4.79 Å². The molecule has 0 radical (unpaired) electrons. The predicted molar refractivity (Wildman–Crippen MR) is 132 cm³/mol. The Morgan fingerprint density at radius 2 is 2.00 bits per heavy atom. The van der Waals surface area contributed by atoms with Crippen LogP contribution in [0.1, 0.15) is 0 Å². The molecule has 2 aromatic heterocycles. The maximum absolute atomic E-state index is 12.3. The third kappa shape index (κ3) is 4.30. The van der Waals surface area contributed by atoms with Gasteiger partial charge in [0, 0.05) is 16.0 Å². The summed E-state index contributed by atoms with van der Waals surface area (Å²) in [7, 11) is 1.52. The van der Waals surface area contributed by atoms with Crippen molar-refractivity contribution in [2.45, 2.75) is 0 Å². The lowest BCUT2D eigenvalue weighted by molar-refractivity contribution is -0.120. The average molecular weight is 493 g/mol. The van der Waals surface area contributed by atoms with Crippen molar-refractivity contribution in [3.63, 3.8) is 0 Å². The highest BCUT2D eigenvalue weighted by atomic mass is 35.5. The van der Waals surface area contributed by atoms with Crippen LogP contribution < -0.4 is 9.47 Å². The van der Waals surface area contributed by atoms with Crippen molar-refractivity contribution in [3.8, 4) is 28.0 Å². The van der Waals surface area contributed by atoms with E-state index in [1.165, 1.54) is 7.11 Å². The number of azo groups is 1. The largest absolute Gasteiger partial charge is 0.493 e. The quantitative estimate of drug-likeness (QED) is 0.263. The zero-order valence-corrected chi connectivity index (χ0v) is 19.4. The smallest absolute Gasteiger partial charge is 0.302 e. The van der Waals surface area contributed by atoms with Crippen molar-refractivity contribution >= 4 is 55.7 Å². The van der Waals surface area contributed by atoms with Crippen molar-refractivity contribution in [2.75, 3.05) is 13.7 Å². The standard InChI is InChI=1S/C24H17ClN4O4S/c1-32-18-9-6-13(24-27-17-4-2-3-5-20(17)34-24)10-19(18)33-12-21(30)28-29-22-15-11-14(25)7-8-16(15)26-23(22)31/h2-11,26,31H,12H2,1H3. The van der Waals surface area contributed by atoms with E-state index < -0.39 is 5.91 Å². The number of hydrogen-bond acceptors (Lipinski definition) is 7. The van der Waals surface area contributed by atoms with E-state index in [1.807, 2.05) is 30.3 Å². The number of aromatic amines is 1. The Morgan fingerprint density at radius 1 is 1.15 bits per heavy atom. The van der Waals surface area contributed by atoms with E-state index in [0.29, 0.717) is 27.4 Å². The average Bonchev–Trinajstić information content (AvgIpc) is 3.41. The number of para-hydroxylation sites is 1. The second-order valence-corrected chi connectivity index (χ2v) is 8.71. The number of carbonyl (C=O) groups excluding carboxylic acids is 1. The summed E-state index contributed by atoms with van der Waals surface area (Å²) >= 11 is 7.58. The van der Waals surface area contributed by atoms with E-state index in [-0.39, 0.29) is 18.2 Å². The summed E-state index contributed by atoms with van der Waals surface area (Å²) in [6.45, 7) is -0.368. The maximum Gasteiger partial charge on any atom is 0.302 e. The van der Waals surface area contributed by atoms with Crippen molar-refractivity contribution in [2.24, 2.45) is 10.2 Å². The van der Waals surface area contributed by atoms with Crippen molar-refractivity contribution < 1.29 is 19.4 Å². The van der Waals surface area contributed by atoms with Crippen LogP contribution in [-0.4, -0.2) is 34.7 Å². The highest BCUT2D eigenvalue weighted by Gasteiger charge is 2.14. The van der Waals surface area contributed by atoms with Gasteiger partial charge in [0.15, 0.2) is 23.8 Å². The molecule has 34 heavy (non-hydrogen) atoms. The van der Waals surface area contributed by atoms with Crippen molar-refractivity contribution in [1.29, 1.82) is 0 Å². The van der Waals surface area contributed by atoms with Gasteiger partial charge in [-0.1, -0.05) is 23.7 Å². The van der Waals surface area contributed by atoms with E-state index in [1.54, 1.807) is 41.7 Å². The second-order valence-electron chi connectivity index (χ2n) is 7.25. The molecule has 0 bridgehead atoms. The van der Waals surface area contributed by atoms with Gasteiger partial charge in [-0.15, -0.1) is 21.6 Å². The van der Waals surface area contributed by atoms with Crippen LogP contribution in [0, 0.1) is 0 Å². The highest BCUT2D eigenvalue weighted by Crippen LogP contribution is 2.37. The molecule has 5 aromatic rings. The number of nitrogens with one attached hydrogen (secondary N) is 1. The van der Waals surface area contributed by atoms with Crippen LogP contribution in [0.5, 0.6) is 17.4 Å². The summed E-state index contributed by atoms with van der Waals surface area (Å²) in [5.41, 5.74) is 2.50. The van der Waals surface area contributed by atoms with Gasteiger partial charge in [0.1, 0.15) is 5.01 Å². The van der Waals surface area contributed by atoms with E-state index >= 15 is 0 Å². The number of ether oxygens (including phenoxy) is 2. The van der Waals surface area contributed by atoms with Crippen LogP contribution in [0.3, 0.4) is 0 Å². The van der Waals surface area contributed by atoms with Crippen LogP contribution in [-0.2, 0) is 4.79 Å². The molecule has 2 N–H and O–H groups in total. The van der Waals surface area contributed by atoms with Crippen LogP contribution in [0.15, 0.2) is 70.9 Å².